The van der Waals surface area contributed by atoms with Crippen LogP contribution in [0.15, 0.2) is 84.9 Å². The number of piperazine rings is 1. The number of hydrogen-bond acceptors (Lipinski definition) is 5. The van der Waals surface area contributed by atoms with E-state index in [1.54, 1.807) is 11.0 Å². The molecule has 1 atom stereocenters. The van der Waals surface area contributed by atoms with Crippen LogP contribution in [0.1, 0.15) is 54.2 Å². The van der Waals surface area contributed by atoms with Crippen LogP contribution < -0.4 is 0 Å². The van der Waals surface area contributed by atoms with Gasteiger partial charge in [-0.3, -0.25) is 24.6 Å². The molecule has 2 amide bonds. The summed E-state index contributed by atoms with van der Waals surface area (Å²) in [6, 6.07) is 26.7. The van der Waals surface area contributed by atoms with Crippen LogP contribution in [-0.4, -0.2) is 70.2 Å². The van der Waals surface area contributed by atoms with Crippen molar-refractivity contribution < 1.29 is 14.5 Å². The molecule has 0 aliphatic carbocycles. The highest BCUT2D eigenvalue weighted by Gasteiger charge is 2.29. The first-order valence-electron chi connectivity index (χ1n) is 13.6. The number of nitrogens with zero attached hydrogens (tertiary/aromatic N) is 4. The molecule has 1 saturated heterocycles. The van der Waals surface area contributed by atoms with Gasteiger partial charge in [0.15, 0.2) is 0 Å². The fourth-order valence-corrected chi connectivity index (χ4v) is 5.15. The van der Waals surface area contributed by atoms with Crippen LogP contribution in [-0.2, 0) is 4.79 Å². The smallest absolute Gasteiger partial charge is 0.270 e. The highest BCUT2D eigenvalue weighted by Crippen LogP contribution is 2.29. The molecule has 1 aliphatic heterocycles. The zero-order valence-electron chi connectivity index (χ0n) is 22.6. The minimum atomic E-state index is -0.506. The first-order chi connectivity index (χ1) is 18.9. The van der Waals surface area contributed by atoms with Crippen molar-refractivity contribution in [3.63, 3.8) is 0 Å². The molecule has 0 aromatic heterocycles. The molecule has 1 unspecified atom stereocenters. The minimum Gasteiger partial charge on any atom is -0.340 e. The van der Waals surface area contributed by atoms with Crippen LogP contribution in [0, 0.1) is 10.1 Å². The summed E-state index contributed by atoms with van der Waals surface area (Å²) in [5.74, 6) is -0.273. The second-order valence-electron chi connectivity index (χ2n) is 9.95. The summed E-state index contributed by atoms with van der Waals surface area (Å²) in [6.07, 6.45) is 0.930. The highest BCUT2D eigenvalue weighted by molar-refractivity contribution is 5.95. The Balaban J connectivity index is 1.39. The fraction of sp³-hybridized carbons (Fsp3) is 0.355. The molecule has 0 radical (unpaired) electrons. The van der Waals surface area contributed by atoms with Crippen molar-refractivity contribution in [1.82, 2.24) is 14.7 Å². The molecule has 0 spiro atoms. The molecule has 0 saturated carbocycles. The summed E-state index contributed by atoms with van der Waals surface area (Å²) in [7, 11) is 0. The Bertz CT molecular complexity index is 1220. The van der Waals surface area contributed by atoms with Crippen molar-refractivity contribution in [1.29, 1.82) is 0 Å². The van der Waals surface area contributed by atoms with Crippen LogP contribution in [0.2, 0.25) is 0 Å². The normalized spacial score (nSPS) is 14.7. The molecule has 0 N–H and O–H groups in total. The van der Waals surface area contributed by atoms with E-state index in [1.165, 1.54) is 29.3 Å². The summed E-state index contributed by atoms with van der Waals surface area (Å²) < 4.78 is 0. The van der Waals surface area contributed by atoms with Crippen molar-refractivity contribution in [2.75, 3.05) is 32.7 Å². The Labute approximate surface area is 230 Å². The lowest BCUT2D eigenvalue weighted by Gasteiger charge is -2.40. The predicted octanol–water partition coefficient (Wildman–Crippen LogP) is 5.16. The van der Waals surface area contributed by atoms with Crippen molar-refractivity contribution in [3.05, 3.63) is 112 Å². The van der Waals surface area contributed by atoms with Gasteiger partial charge in [0.1, 0.15) is 0 Å². The summed E-state index contributed by atoms with van der Waals surface area (Å²) in [4.78, 5) is 43.1. The molecule has 3 aromatic carbocycles. The van der Waals surface area contributed by atoms with E-state index >= 15 is 0 Å². The highest BCUT2D eigenvalue weighted by atomic mass is 16.6. The Morgan fingerprint density at radius 1 is 0.897 bits per heavy atom. The molecule has 8 heteroatoms. The van der Waals surface area contributed by atoms with E-state index in [1.807, 2.05) is 30.9 Å². The molecule has 1 fully saturated rings. The first kappa shape index (κ1) is 28.0. The summed E-state index contributed by atoms with van der Waals surface area (Å²) in [6.45, 7) is 6.94. The van der Waals surface area contributed by atoms with Crippen LogP contribution in [0.25, 0.3) is 0 Å². The van der Waals surface area contributed by atoms with E-state index in [2.05, 4.69) is 53.4 Å². The number of carbonyl (C=O) groups excluding carboxylic acids is 2. The first-order valence-corrected chi connectivity index (χ1v) is 13.6. The van der Waals surface area contributed by atoms with E-state index in [-0.39, 0.29) is 48.1 Å². The average molecular weight is 529 g/mol. The lowest BCUT2D eigenvalue weighted by molar-refractivity contribution is -0.384. The van der Waals surface area contributed by atoms with E-state index in [4.69, 9.17) is 0 Å². The number of nitro benzene ring substituents is 1. The third-order valence-electron chi connectivity index (χ3n) is 7.52. The topological polar surface area (TPSA) is 87.0 Å². The molecule has 8 nitrogen and oxygen atoms in total. The van der Waals surface area contributed by atoms with Gasteiger partial charge in [-0.15, -0.1) is 0 Å². The molecule has 1 aliphatic rings. The largest absolute Gasteiger partial charge is 0.340 e. The van der Waals surface area contributed by atoms with Crippen molar-refractivity contribution in [2.45, 2.75) is 38.8 Å². The van der Waals surface area contributed by atoms with Gasteiger partial charge < -0.3 is 9.80 Å². The van der Waals surface area contributed by atoms with Gasteiger partial charge in [0.05, 0.1) is 11.0 Å². The molecule has 1 heterocycles. The summed E-state index contributed by atoms with van der Waals surface area (Å²) in [5.41, 5.74) is 2.60. The van der Waals surface area contributed by atoms with Crippen LogP contribution in [0.5, 0.6) is 0 Å². The molecule has 39 heavy (non-hydrogen) atoms. The van der Waals surface area contributed by atoms with Gasteiger partial charge >= 0.3 is 0 Å². The van der Waals surface area contributed by atoms with E-state index in [9.17, 15) is 19.7 Å². The zero-order chi connectivity index (χ0) is 27.8. The zero-order valence-corrected chi connectivity index (χ0v) is 22.6. The molecular weight excluding hydrogens is 492 g/mol. The molecule has 0 bridgehead atoms. The second kappa shape index (κ2) is 13.2. The standard InChI is InChI=1S/C31H36N4O4/c1-3-24(2)34(31(37)27-15-10-16-28(23-27)35(38)39)18-17-29(36)32-19-21-33(22-20-32)30(25-11-6-4-7-12-25)26-13-8-5-9-14-26/h4-16,23-24,30H,3,17-22H2,1-2H3. The molecule has 3 aromatic rings. The Morgan fingerprint density at radius 2 is 1.49 bits per heavy atom. The predicted molar refractivity (Wildman–Crippen MR) is 151 cm³/mol. The number of nitro groups is 1. The Hall–Kier alpha value is -4.04. The van der Waals surface area contributed by atoms with E-state index < -0.39 is 4.92 Å². The lowest BCUT2D eigenvalue weighted by atomic mass is 9.96. The van der Waals surface area contributed by atoms with Gasteiger partial charge in [-0.1, -0.05) is 73.7 Å². The fourth-order valence-electron chi connectivity index (χ4n) is 5.15. The number of amides is 2. The number of non-ortho nitro benzene ring substituents is 1. The summed E-state index contributed by atoms with van der Waals surface area (Å²) >= 11 is 0. The lowest BCUT2D eigenvalue weighted by Crippen LogP contribution is -2.50. The van der Waals surface area contributed by atoms with E-state index in [0.29, 0.717) is 19.5 Å². The van der Waals surface area contributed by atoms with Crippen LogP contribution >= 0.6 is 0 Å². The van der Waals surface area contributed by atoms with Crippen LogP contribution in [0.3, 0.4) is 0 Å². The van der Waals surface area contributed by atoms with Gasteiger partial charge in [-0.2, -0.15) is 0 Å². The van der Waals surface area contributed by atoms with Crippen LogP contribution in [0.4, 0.5) is 5.69 Å². The maximum absolute atomic E-state index is 13.3. The number of carbonyl (C=O) groups is 2. The quantitative estimate of drug-likeness (QED) is 0.268. The van der Waals surface area contributed by atoms with Gasteiger partial charge in [-0.05, 0) is 30.5 Å². The average Bonchev–Trinajstić information content (AvgIpc) is 2.98. The minimum absolute atomic E-state index is 0.0192. The monoisotopic (exact) mass is 528 g/mol. The van der Waals surface area contributed by atoms with Gasteiger partial charge in [0.25, 0.3) is 11.6 Å². The second-order valence-corrected chi connectivity index (χ2v) is 9.95. The van der Waals surface area contributed by atoms with Crippen molar-refractivity contribution in [3.8, 4) is 0 Å². The van der Waals surface area contributed by atoms with Gasteiger partial charge in [-0.25, -0.2) is 0 Å². The maximum atomic E-state index is 13.3. The maximum Gasteiger partial charge on any atom is 0.270 e. The SMILES string of the molecule is CCC(C)N(CCC(=O)N1CCN(C(c2ccccc2)c2ccccc2)CC1)C(=O)c1cccc([N+](=O)[O-])c1. The number of hydrogen-bond donors (Lipinski definition) is 0. The number of benzene rings is 3. The third kappa shape index (κ3) is 6.89. The molecule has 204 valence electrons. The van der Waals surface area contributed by atoms with Crippen molar-refractivity contribution >= 4 is 17.5 Å². The Morgan fingerprint density at radius 3 is 2.03 bits per heavy atom. The summed E-state index contributed by atoms with van der Waals surface area (Å²) in [5, 5.41) is 11.2. The molecular formula is C31H36N4O4. The third-order valence-corrected chi connectivity index (χ3v) is 7.52. The van der Waals surface area contributed by atoms with Crippen molar-refractivity contribution in [2.24, 2.45) is 0 Å². The van der Waals surface area contributed by atoms with Gasteiger partial charge in [0.2, 0.25) is 5.91 Å². The van der Waals surface area contributed by atoms with E-state index in [0.717, 1.165) is 13.1 Å². The van der Waals surface area contributed by atoms with Gasteiger partial charge in [0, 0.05) is 62.9 Å². The Kier molecular flexibility index (Phi) is 9.44. The molecule has 4 rings (SSSR count). The number of rotatable bonds is 10.